The molecule has 0 fully saturated rings. The first-order valence-electron chi connectivity index (χ1n) is 6.47. The van der Waals surface area contributed by atoms with Crippen molar-refractivity contribution in [3.63, 3.8) is 0 Å². The Hall–Kier alpha value is -1.88. The molecule has 20 heavy (non-hydrogen) atoms. The maximum Gasteiger partial charge on any atom is 0.355 e. The zero-order chi connectivity index (χ0) is 14.1. The number of fused-ring (bicyclic) bond motifs is 1. The number of ether oxygens (including phenoxy) is 1. The number of aryl methyl sites for hydroxylation is 1. The molecule has 4 nitrogen and oxygen atoms in total. The van der Waals surface area contributed by atoms with Crippen LogP contribution in [0.25, 0.3) is 0 Å². The number of carbonyl (C=O) groups is 1. The number of nitrogens with two attached hydrogens (primary N) is 1. The van der Waals surface area contributed by atoms with Gasteiger partial charge in [0.15, 0.2) is 0 Å². The van der Waals surface area contributed by atoms with Crippen LogP contribution in [-0.2, 0) is 18.2 Å². The first-order valence-corrected chi connectivity index (χ1v) is 7.35. The number of esters is 1. The Bertz CT molecular complexity index is 626. The molecule has 0 amide bonds. The fourth-order valence-corrected chi connectivity index (χ4v) is 3.60. The van der Waals surface area contributed by atoms with Gasteiger partial charge < -0.3 is 15.0 Å². The highest BCUT2D eigenvalue weighted by atomic mass is 32.2. The number of anilines is 1. The minimum Gasteiger partial charge on any atom is -0.460 e. The van der Waals surface area contributed by atoms with E-state index < -0.39 is 0 Å². The van der Waals surface area contributed by atoms with Crippen LogP contribution in [0.2, 0.25) is 0 Å². The smallest absolute Gasteiger partial charge is 0.355 e. The van der Waals surface area contributed by atoms with Gasteiger partial charge in [0.25, 0.3) is 0 Å². The van der Waals surface area contributed by atoms with Gasteiger partial charge in [-0.2, -0.15) is 0 Å². The zero-order valence-electron chi connectivity index (χ0n) is 11.2. The second-order valence-electron chi connectivity index (χ2n) is 4.92. The van der Waals surface area contributed by atoms with Crippen molar-refractivity contribution in [1.82, 2.24) is 4.57 Å². The molecule has 104 valence electrons. The summed E-state index contributed by atoms with van der Waals surface area (Å²) in [6.07, 6.45) is 2.65. The number of rotatable bonds is 3. The molecule has 2 N–H and O–H groups in total. The first kappa shape index (κ1) is 13.1. The summed E-state index contributed by atoms with van der Waals surface area (Å²) in [5.41, 5.74) is 8.06. The number of benzene rings is 1. The molecule has 3 rings (SSSR count). The maximum absolute atomic E-state index is 12.0. The van der Waals surface area contributed by atoms with Crippen molar-refractivity contribution in [2.75, 3.05) is 12.3 Å². The molecule has 1 aromatic carbocycles. The summed E-state index contributed by atoms with van der Waals surface area (Å²) >= 11 is 1.77. The van der Waals surface area contributed by atoms with Crippen LogP contribution in [0.15, 0.2) is 41.4 Å². The molecule has 0 bridgehead atoms. The fourth-order valence-electron chi connectivity index (χ4n) is 2.38. The lowest BCUT2D eigenvalue weighted by molar-refractivity contribution is 0.0496. The van der Waals surface area contributed by atoms with E-state index in [1.807, 2.05) is 12.1 Å². The molecule has 0 saturated carbocycles. The Labute approximate surface area is 121 Å². The van der Waals surface area contributed by atoms with Gasteiger partial charge in [-0.25, -0.2) is 4.79 Å². The molecule has 1 aliphatic rings. The van der Waals surface area contributed by atoms with E-state index in [1.165, 1.54) is 10.5 Å². The monoisotopic (exact) mass is 288 g/mol. The predicted octanol–water partition coefficient (Wildman–Crippen LogP) is 2.48. The SMILES string of the molecule is Cn1cc(N)cc1C(=O)OCC1Cc2ccccc2S1. The highest BCUT2D eigenvalue weighted by Crippen LogP contribution is 2.36. The van der Waals surface area contributed by atoms with Gasteiger partial charge >= 0.3 is 5.97 Å². The van der Waals surface area contributed by atoms with Crippen LogP contribution in [0, 0.1) is 0 Å². The summed E-state index contributed by atoms with van der Waals surface area (Å²) in [5.74, 6) is -0.319. The van der Waals surface area contributed by atoms with Crippen LogP contribution < -0.4 is 5.73 Å². The van der Waals surface area contributed by atoms with Crippen LogP contribution in [0.4, 0.5) is 5.69 Å². The largest absolute Gasteiger partial charge is 0.460 e. The number of hydrogen-bond acceptors (Lipinski definition) is 4. The third-order valence-electron chi connectivity index (χ3n) is 3.35. The molecule has 1 aromatic heterocycles. The van der Waals surface area contributed by atoms with Crippen molar-refractivity contribution >= 4 is 23.4 Å². The summed E-state index contributed by atoms with van der Waals surface area (Å²) < 4.78 is 7.09. The lowest BCUT2D eigenvalue weighted by atomic mass is 10.1. The molecule has 5 heteroatoms. The van der Waals surface area contributed by atoms with Crippen molar-refractivity contribution in [2.24, 2.45) is 7.05 Å². The van der Waals surface area contributed by atoms with Gasteiger partial charge in [0.2, 0.25) is 0 Å². The average Bonchev–Trinajstić information content (AvgIpc) is 2.98. The second-order valence-corrected chi connectivity index (χ2v) is 6.26. The van der Waals surface area contributed by atoms with Gasteiger partial charge in [0, 0.05) is 23.4 Å². The van der Waals surface area contributed by atoms with Crippen LogP contribution >= 0.6 is 11.8 Å². The van der Waals surface area contributed by atoms with E-state index in [-0.39, 0.29) is 5.97 Å². The lowest BCUT2D eigenvalue weighted by Gasteiger charge is -2.09. The van der Waals surface area contributed by atoms with Crippen LogP contribution in [0.3, 0.4) is 0 Å². The van der Waals surface area contributed by atoms with Gasteiger partial charge in [0.1, 0.15) is 12.3 Å². The molecule has 1 atom stereocenters. The molecule has 0 saturated heterocycles. The minimum atomic E-state index is -0.319. The number of nitrogen functional groups attached to an aromatic ring is 1. The van der Waals surface area contributed by atoms with E-state index in [1.54, 1.807) is 35.6 Å². The van der Waals surface area contributed by atoms with Gasteiger partial charge in [0.05, 0.1) is 5.69 Å². The zero-order valence-corrected chi connectivity index (χ0v) is 12.0. The van der Waals surface area contributed by atoms with Crippen molar-refractivity contribution in [3.8, 4) is 0 Å². The third kappa shape index (κ3) is 2.54. The molecule has 0 aliphatic carbocycles. The molecule has 0 radical (unpaired) electrons. The highest BCUT2D eigenvalue weighted by molar-refractivity contribution is 8.00. The Morgan fingerprint density at radius 3 is 3.00 bits per heavy atom. The Kier molecular flexibility index (Phi) is 3.44. The number of nitrogens with zero attached hydrogens (tertiary/aromatic N) is 1. The molecule has 1 unspecified atom stereocenters. The summed E-state index contributed by atoms with van der Waals surface area (Å²) in [5, 5.41) is 0.300. The van der Waals surface area contributed by atoms with Gasteiger partial charge in [-0.3, -0.25) is 0 Å². The second kappa shape index (κ2) is 5.25. The van der Waals surface area contributed by atoms with E-state index in [0.29, 0.717) is 23.2 Å². The molecular weight excluding hydrogens is 272 g/mol. The predicted molar refractivity (Wildman–Crippen MR) is 79.9 cm³/mol. The number of carbonyl (C=O) groups excluding carboxylic acids is 1. The standard InChI is InChI=1S/C15H16N2O2S/c1-17-8-11(16)7-13(17)15(18)19-9-12-6-10-4-2-3-5-14(10)20-12/h2-5,7-8,12H,6,9,16H2,1H3. The Morgan fingerprint density at radius 1 is 1.50 bits per heavy atom. The van der Waals surface area contributed by atoms with E-state index in [9.17, 15) is 4.79 Å². The molecule has 1 aliphatic heterocycles. The number of aromatic nitrogens is 1. The first-order chi connectivity index (χ1) is 9.63. The van der Waals surface area contributed by atoms with Crippen molar-refractivity contribution in [2.45, 2.75) is 16.6 Å². The summed E-state index contributed by atoms with van der Waals surface area (Å²) in [6.45, 7) is 0.420. The Morgan fingerprint density at radius 2 is 2.30 bits per heavy atom. The van der Waals surface area contributed by atoms with E-state index >= 15 is 0 Å². The highest BCUT2D eigenvalue weighted by Gasteiger charge is 2.23. The van der Waals surface area contributed by atoms with Gasteiger partial charge in [-0.1, -0.05) is 18.2 Å². The van der Waals surface area contributed by atoms with Crippen molar-refractivity contribution in [3.05, 3.63) is 47.8 Å². The fraction of sp³-hybridized carbons (Fsp3) is 0.267. The average molecular weight is 288 g/mol. The quantitative estimate of drug-likeness (QED) is 0.882. The van der Waals surface area contributed by atoms with Crippen molar-refractivity contribution in [1.29, 1.82) is 0 Å². The molecule has 2 aromatic rings. The lowest BCUT2D eigenvalue weighted by Crippen LogP contribution is -2.17. The van der Waals surface area contributed by atoms with Crippen molar-refractivity contribution < 1.29 is 9.53 Å². The minimum absolute atomic E-state index is 0.300. The molecular formula is C15H16N2O2S. The Balaban J connectivity index is 1.59. The topological polar surface area (TPSA) is 57.2 Å². The molecule has 2 heterocycles. The van der Waals surface area contributed by atoms with Crippen LogP contribution in [0.1, 0.15) is 16.1 Å². The molecule has 0 spiro atoms. The van der Waals surface area contributed by atoms with Crippen LogP contribution in [-0.4, -0.2) is 22.4 Å². The van der Waals surface area contributed by atoms with E-state index in [0.717, 1.165) is 6.42 Å². The number of thioether (sulfide) groups is 1. The summed E-state index contributed by atoms with van der Waals surface area (Å²) in [4.78, 5) is 13.3. The summed E-state index contributed by atoms with van der Waals surface area (Å²) in [7, 11) is 1.78. The van der Waals surface area contributed by atoms with Crippen LogP contribution in [0.5, 0.6) is 0 Å². The normalized spacial score (nSPS) is 16.9. The van der Waals surface area contributed by atoms with E-state index in [2.05, 4.69) is 12.1 Å². The number of hydrogen-bond donors (Lipinski definition) is 1. The van der Waals surface area contributed by atoms with E-state index in [4.69, 9.17) is 10.5 Å². The maximum atomic E-state index is 12.0. The third-order valence-corrected chi connectivity index (χ3v) is 4.64. The van der Waals surface area contributed by atoms with Gasteiger partial charge in [-0.15, -0.1) is 11.8 Å². The van der Waals surface area contributed by atoms with Gasteiger partial charge in [-0.05, 0) is 24.1 Å². The summed E-state index contributed by atoms with van der Waals surface area (Å²) in [6, 6.07) is 9.95.